The molecule has 1 aromatic heterocycles. The number of rotatable bonds is 5. The monoisotopic (exact) mass is 349 g/mol. The smallest absolute Gasteiger partial charge is 0.319 e. The first kappa shape index (κ1) is 17.2. The summed E-state index contributed by atoms with van der Waals surface area (Å²) in [5.74, 6) is -0.206. The van der Waals surface area contributed by atoms with Gasteiger partial charge in [-0.1, -0.05) is 24.3 Å². The molecule has 0 spiro atoms. The van der Waals surface area contributed by atoms with Crippen molar-refractivity contribution >= 4 is 17.6 Å². The summed E-state index contributed by atoms with van der Waals surface area (Å²) in [5.41, 5.74) is 2.86. The fourth-order valence-corrected chi connectivity index (χ4v) is 2.53. The van der Waals surface area contributed by atoms with Gasteiger partial charge in [-0.05, 0) is 35.9 Å². The summed E-state index contributed by atoms with van der Waals surface area (Å²) in [7, 11) is 1.56. The minimum atomic E-state index is -0.352. The molecular formula is C19H19N5O2. The van der Waals surface area contributed by atoms with Crippen LogP contribution in [0.5, 0.6) is 0 Å². The Morgan fingerprint density at radius 3 is 2.69 bits per heavy atom. The van der Waals surface area contributed by atoms with E-state index in [9.17, 15) is 9.59 Å². The maximum absolute atomic E-state index is 12.2. The van der Waals surface area contributed by atoms with Crippen LogP contribution in [0.1, 0.15) is 15.9 Å². The number of carbonyl (C=O) groups excluding carboxylic acids is 2. The van der Waals surface area contributed by atoms with Gasteiger partial charge < -0.3 is 16.0 Å². The number of urea groups is 1. The quantitative estimate of drug-likeness (QED) is 0.661. The van der Waals surface area contributed by atoms with E-state index in [0.717, 1.165) is 11.3 Å². The van der Waals surface area contributed by atoms with Gasteiger partial charge in [-0.3, -0.25) is 4.79 Å². The van der Waals surface area contributed by atoms with E-state index < -0.39 is 0 Å². The lowest BCUT2D eigenvalue weighted by Gasteiger charge is -2.12. The molecular weight excluding hydrogens is 330 g/mol. The van der Waals surface area contributed by atoms with E-state index >= 15 is 0 Å². The molecule has 0 saturated heterocycles. The van der Waals surface area contributed by atoms with Crippen LogP contribution in [-0.4, -0.2) is 28.8 Å². The molecule has 0 aliphatic rings. The van der Waals surface area contributed by atoms with Crippen molar-refractivity contribution in [1.29, 1.82) is 0 Å². The second-order valence-corrected chi connectivity index (χ2v) is 5.55. The Hall–Kier alpha value is -3.61. The van der Waals surface area contributed by atoms with Crippen molar-refractivity contribution in [1.82, 2.24) is 20.4 Å². The second kappa shape index (κ2) is 7.98. The van der Waals surface area contributed by atoms with Crippen LogP contribution in [0.25, 0.3) is 5.69 Å². The third-order valence-electron chi connectivity index (χ3n) is 3.79. The number of hydrogen-bond acceptors (Lipinski definition) is 3. The van der Waals surface area contributed by atoms with Gasteiger partial charge in [0.25, 0.3) is 5.91 Å². The molecule has 0 aliphatic carbocycles. The van der Waals surface area contributed by atoms with Crippen molar-refractivity contribution in [3.8, 4) is 5.69 Å². The van der Waals surface area contributed by atoms with Crippen LogP contribution in [0.4, 0.5) is 10.5 Å². The Balaban J connectivity index is 1.65. The normalized spacial score (nSPS) is 10.2. The zero-order valence-corrected chi connectivity index (χ0v) is 14.3. The average Bonchev–Trinajstić information content (AvgIpc) is 3.21. The van der Waals surface area contributed by atoms with E-state index in [0.29, 0.717) is 17.8 Å². The Bertz CT molecular complexity index is 906. The van der Waals surface area contributed by atoms with Crippen molar-refractivity contribution in [3.05, 3.63) is 78.1 Å². The third kappa shape index (κ3) is 4.07. The van der Waals surface area contributed by atoms with Crippen LogP contribution in [0, 0.1) is 0 Å². The summed E-state index contributed by atoms with van der Waals surface area (Å²) < 4.78 is 1.75. The van der Waals surface area contributed by atoms with Gasteiger partial charge >= 0.3 is 6.03 Å². The summed E-state index contributed by atoms with van der Waals surface area (Å²) >= 11 is 0. The van der Waals surface area contributed by atoms with E-state index in [1.54, 1.807) is 42.2 Å². The van der Waals surface area contributed by atoms with Crippen LogP contribution in [0.3, 0.4) is 0 Å². The maximum atomic E-state index is 12.2. The SMILES string of the molecule is CNC(=O)c1cccc(NC(=O)NCc2ccccc2-n2cccn2)c1. The minimum Gasteiger partial charge on any atom is -0.355 e. The molecule has 3 aromatic rings. The maximum Gasteiger partial charge on any atom is 0.319 e. The summed E-state index contributed by atoms with van der Waals surface area (Å²) in [6.45, 7) is 0.344. The molecule has 132 valence electrons. The lowest BCUT2D eigenvalue weighted by molar-refractivity contribution is 0.0963. The molecule has 0 unspecified atom stereocenters. The molecule has 1 heterocycles. The second-order valence-electron chi connectivity index (χ2n) is 5.55. The molecule has 0 atom stereocenters. The third-order valence-corrected chi connectivity index (χ3v) is 3.79. The Morgan fingerprint density at radius 1 is 1.08 bits per heavy atom. The first-order valence-corrected chi connectivity index (χ1v) is 8.12. The molecule has 2 aromatic carbocycles. The van der Waals surface area contributed by atoms with Crippen LogP contribution in [-0.2, 0) is 6.54 Å². The molecule has 7 nitrogen and oxygen atoms in total. The lowest BCUT2D eigenvalue weighted by Crippen LogP contribution is -2.28. The molecule has 3 amide bonds. The number of nitrogens with one attached hydrogen (secondary N) is 3. The van der Waals surface area contributed by atoms with Crippen molar-refractivity contribution in [2.45, 2.75) is 6.54 Å². The zero-order valence-electron chi connectivity index (χ0n) is 14.3. The van der Waals surface area contributed by atoms with Crippen molar-refractivity contribution in [2.75, 3.05) is 12.4 Å². The first-order valence-electron chi connectivity index (χ1n) is 8.12. The highest BCUT2D eigenvalue weighted by Gasteiger charge is 2.08. The summed E-state index contributed by atoms with van der Waals surface area (Å²) in [6, 6.07) is 15.9. The van der Waals surface area contributed by atoms with Crippen molar-refractivity contribution in [2.24, 2.45) is 0 Å². The number of amides is 3. The fraction of sp³-hybridized carbons (Fsp3) is 0.105. The first-order chi connectivity index (χ1) is 12.7. The van der Waals surface area contributed by atoms with Gasteiger partial charge in [0.2, 0.25) is 0 Å². The Kier molecular flexibility index (Phi) is 5.28. The van der Waals surface area contributed by atoms with Crippen LogP contribution < -0.4 is 16.0 Å². The topological polar surface area (TPSA) is 88.0 Å². The Labute approximate surface area is 151 Å². The largest absolute Gasteiger partial charge is 0.355 e. The van der Waals surface area contributed by atoms with E-state index in [1.165, 1.54) is 0 Å². The van der Waals surface area contributed by atoms with Gasteiger partial charge in [0.05, 0.1) is 5.69 Å². The Morgan fingerprint density at radius 2 is 1.92 bits per heavy atom. The number of hydrogen-bond donors (Lipinski definition) is 3. The number of benzene rings is 2. The molecule has 3 N–H and O–H groups in total. The molecule has 7 heteroatoms. The number of aromatic nitrogens is 2. The van der Waals surface area contributed by atoms with Crippen LogP contribution >= 0.6 is 0 Å². The van der Waals surface area contributed by atoms with Crippen LogP contribution in [0.15, 0.2) is 67.0 Å². The molecule has 0 radical (unpaired) electrons. The molecule has 0 aliphatic heterocycles. The van der Waals surface area contributed by atoms with Gasteiger partial charge in [0.15, 0.2) is 0 Å². The summed E-state index contributed by atoms with van der Waals surface area (Å²) in [6.07, 6.45) is 3.56. The number of carbonyl (C=O) groups is 2. The molecule has 3 rings (SSSR count). The van der Waals surface area contributed by atoms with E-state index in [4.69, 9.17) is 0 Å². The van der Waals surface area contributed by atoms with Crippen molar-refractivity contribution in [3.63, 3.8) is 0 Å². The standard InChI is InChI=1S/C19H19N5O2/c1-20-18(25)14-7-4-8-16(12-14)23-19(26)21-13-15-6-2-3-9-17(15)24-11-5-10-22-24/h2-12H,13H2,1H3,(H,20,25)(H2,21,23,26). The van der Waals surface area contributed by atoms with Gasteiger partial charge in [0, 0.05) is 37.2 Å². The predicted molar refractivity (Wildman–Crippen MR) is 99.3 cm³/mol. The van der Waals surface area contributed by atoms with Crippen LogP contribution in [0.2, 0.25) is 0 Å². The number of para-hydroxylation sites is 1. The van der Waals surface area contributed by atoms with Gasteiger partial charge in [-0.25, -0.2) is 9.48 Å². The van der Waals surface area contributed by atoms with Crippen molar-refractivity contribution < 1.29 is 9.59 Å². The number of anilines is 1. The fourth-order valence-electron chi connectivity index (χ4n) is 2.53. The van der Waals surface area contributed by atoms with E-state index in [-0.39, 0.29) is 11.9 Å². The zero-order chi connectivity index (χ0) is 18.4. The molecule has 26 heavy (non-hydrogen) atoms. The van der Waals surface area contributed by atoms with Gasteiger partial charge in [-0.2, -0.15) is 5.10 Å². The predicted octanol–water partition coefficient (Wildman–Crippen LogP) is 2.55. The molecule has 0 bridgehead atoms. The van der Waals surface area contributed by atoms with E-state index in [2.05, 4.69) is 21.0 Å². The summed E-state index contributed by atoms with van der Waals surface area (Å²) in [4.78, 5) is 23.9. The lowest BCUT2D eigenvalue weighted by atomic mass is 10.2. The minimum absolute atomic E-state index is 0.206. The molecule has 0 saturated carbocycles. The van der Waals surface area contributed by atoms with Gasteiger partial charge in [0.1, 0.15) is 0 Å². The van der Waals surface area contributed by atoms with E-state index in [1.807, 2.05) is 36.5 Å². The highest BCUT2D eigenvalue weighted by Crippen LogP contribution is 2.14. The molecule has 0 fully saturated rings. The number of nitrogens with zero attached hydrogens (tertiary/aromatic N) is 2. The highest BCUT2D eigenvalue weighted by molar-refractivity contribution is 5.96. The average molecular weight is 349 g/mol. The highest BCUT2D eigenvalue weighted by atomic mass is 16.2. The summed E-state index contributed by atoms with van der Waals surface area (Å²) in [5, 5.41) is 12.3. The van der Waals surface area contributed by atoms with Gasteiger partial charge in [-0.15, -0.1) is 0 Å².